The van der Waals surface area contributed by atoms with Gasteiger partial charge in [0.05, 0.1) is 6.61 Å². The van der Waals surface area contributed by atoms with Crippen LogP contribution in [0.5, 0.6) is 0 Å². The van der Waals surface area contributed by atoms with Crippen molar-refractivity contribution in [1.29, 1.82) is 0 Å². The van der Waals surface area contributed by atoms with Gasteiger partial charge in [0.2, 0.25) is 0 Å². The first-order chi connectivity index (χ1) is 3.66. The minimum atomic E-state index is 0.0575. The van der Waals surface area contributed by atoms with Gasteiger partial charge in [0.15, 0.2) is 0 Å². The quantitative estimate of drug-likeness (QED) is 0.507. The van der Waals surface area contributed by atoms with Crippen molar-refractivity contribution < 1.29 is 5.11 Å². The minimum absolute atomic E-state index is 0.0575. The Morgan fingerprint density at radius 3 is 2.50 bits per heavy atom. The van der Waals surface area contributed by atoms with Crippen LogP contribution in [0.3, 0.4) is 0 Å². The van der Waals surface area contributed by atoms with E-state index < -0.39 is 0 Å². The second-order valence-electron chi connectivity index (χ2n) is 2.03. The summed E-state index contributed by atoms with van der Waals surface area (Å²) >= 11 is 0. The fraction of sp³-hybridized carbons (Fsp3) is 0.667. The fourth-order valence-corrected chi connectivity index (χ4v) is 0.501. The Hall–Kier alpha value is -0.340. The maximum atomic E-state index is 8.46. The van der Waals surface area contributed by atoms with E-state index in [0.717, 1.165) is 5.57 Å². The van der Waals surface area contributed by atoms with Gasteiger partial charge in [-0.1, -0.05) is 11.6 Å². The Morgan fingerprint density at radius 2 is 2.38 bits per heavy atom. The van der Waals surface area contributed by atoms with Crippen molar-refractivity contribution in [2.75, 3.05) is 6.61 Å². The second kappa shape index (κ2) is 3.64. The zero-order valence-corrected chi connectivity index (χ0v) is 5.39. The summed E-state index contributed by atoms with van der Waals surface area (Å²) in [4.78, 5) is 0. The summed E-state index contributed by atoms with van der Waals surface area (Å²) in [5.41, 5.74) is 6.31. The Kier molecular flexibility index (Phi) is 3.48. The monoisotopic (exact) mass is 115 g/mol. The molecular weight excluding hydrogens is 102 g/mol. The van der Waals surface area contributed by atoms with Crippen molar-refractivity contribution in [3.63, 3.8) is 0 Å². The zero-order chi connectivity index (χ0) is 6.57. The van der Waals surface area contributed by atoms with Crippen LogP contribution in [0.2, 0.25) is 0 Å². The van der Waals surface area contributed by atoms with E-state index in [2.05, 4.69) is 0 Å². The molecule has 0 aliphatic rings. The molecule has 8 heavy (non-hydrogen) atoms. The van der Waals surface area contributed by atoms with Gasteiger partial charge in [-0.15, -0.1) is 0 Å². The lowest BCUT2D eigenvalue weighted by molar-refractivity contribution is 0.330. The first-order valence-electron chi connectivity index (χ1n) is 2.70. The molecule has 0 spiro atoms. The van der Waals surface area contributed by atoms with Crippen molar-refractivity contribution >= 4 is 0 Å². The highest BCUT2D eigenvalue weighted by Crippen LogP contribution is 1.90. The fourth-order valence-electron chi connectivity index (χ4n) is 0.501. The molecule has 0 radical (unpaired) electrons. The average molecular weight is 115 g/mol. The van der Waals surface area contributed by atoms with E-state index in [-0.39, 0.29) is 12.6 Å². The van der Waals surface area contributed by atoms with Gasteiger partial charge >= 0.3 is 0 Å². The SMILES string of the molecule is C/C(=C/[C@@H](C)N)CO. The van der Waals surface area contributed by atoms with E-state index in [1.54, 1.807) is 0 Å². The first kappa shape index (κ1) is 7.66. The van der Waals surface area contributed by atoms with E-state index in [4.69, 9.17) is 10.8 Å². The third-order valence-corrected chi connectivity index (χ3v) is 0.797. The van der Waals surface area contributed by atoms with Crippen LogP contribution >= 0.6 is 0 Å². The van der Waals surface area contributed by atoms with Crippen LogP contribution in [0.4, 0.5) is 0 Å². The Morgan fingerprint density at radius 1 is 1.88 bits per heavy atom. The van der Waals surface area contributed by atoms with Crippen molar-refractivity contribution in [2.24, 2.45) is 5.73 Å². The summed E-state index contributed by atoms with van der Waals surface area (Å²) < 4.78 is 0. The lowest BCUT2D eigenvalue weighted by atomic mass is 10.2. The average Bonchev–Trinajstić information content (AvgIpc) is 1.65. The molecule has 0 aromatic carbocycles. The summed E-state index contributed by atoms with van der Waals surface area (Å²) in [5, 5.41) is 8.46. The summed E-state index contributed by atoms with van der Waals surface area (Å²) in [5.74, 6) is 0. The van der Waals surface area contributed by atoms with Gasteiger partial charge in [0.25, 0.3) is 0 Å². The summed E-state index contributed by atoms with van der Waals surface area (Å²) in [6, 6.07) is 0.0575. The van der Waals surface area contributed by atoms with Gasteiger partial charge in [-0.2, -0.15) is 0 Å². The van der Waals surface area contributed by atoms with Gasteiger partial charge in [-0.05, 0) is 13.8 Å². The molecule has 0 saturated carbocycles. The van der Waals surface area contributed by atoms with E-state index in [1.807, 2.05) is 19.9 Å². The molecule has 0 heterocycles. The highest BCUT2D eigenvalue weighted by molar-refractivity contribution is 5.01. The maximum Gasteiger partial charge on any atom is 0.0639 e. The summed E-state index contributed by atoms with van der Waals surface area (Å²) in [6.45, 7) is 3.84. The van der Waals surface area contributed by atoms with Crippen molar-refractivity contribution in [2.45, 2.75) is 19.9 Å². The molecule has 0 bridgehead atoms. The third kappa shape index (κ3) is 3.84. The molecule has 0 fully saturated rings. The lowest BCUT2D eigenvalue weighted by Gasteiger charge is -1.97. The summed E-state index contributed by atoms with van der Waals surface area (Å²) in [6.07, 6.45) is 1.83. The molecule has 0 amide bonds. The highest BCUT2D eigenvalue weighted by atomic mass is 16.3. The molecule has 0 aliphatic heterocycles. The van der Waals surface area contributed by atoms with Crippen molar-refractivity contribution in [1.82, 2.24) is 0 Å². The highest BCUT2D eigenvalue weighted by Gasteiger charge is 1.87. The zero-order valence-electron chi connectivity index (χ0n) is 5.39. The maximum absolute atomic E-state index is 8.46. The number of aliphatic hydroxyl groups is 1. The van der Waals surface area contributed by atoms with Crippen LogP contribution in [0.1, 0.15) is 13.8 Å². The van der Waals surface area contributed by atoms with E-state index in [0.29, 0.717) is 0 Å². The molecule has 0 saturated heterocycles. The van der Waals surface area contributed by atoms with Gasteiger partial charge < -0.3 is 10.8 Å². The van der Waals surface area contributed by atoms with Crippen LogP contribution in [0.25, 0.3) is 0 Å². The molecule has 48 valence electrons. The normalized spacial score (nSPS) is 16.2. The number of nitrogens with two attached hydrogens (primary N) is 1. The predicted octanol–water partition coefficient (Wildman–Crippen LogP) is 0.272. The third-order valence-electron chi connectivity index (χ3n) is 0.797. The Labute approximate surface area is 50.0 Å². The van der Waals surface area contributed by atoms with Crippen LogP contribution in [0, 0.1) is 0 Å². The molecule has 0 aromatic heterocycles. The number of rotatable bonds is 2. The minimum Gasteiger partial charge on any atom is -0.392 e. The molecule has 0 unspecified atom stereocenters. The Bertz CT molecular complexity index is 86.5. The molecular formula is C6H13NO. The molecule has 0 rings (SSSR count). The topological polar surface area (TPSA) is 46.2 Å². The molecule has 3 N–H and O–H groups in total. The standard InChI is InChI=1S/C6H13NO/c1-5(4-8)3-6(2)7/h3,6,8H,4,7H2,1-2H3/b5-3-/t6-/m1/s1. The van der Waals surface area contributed by atoms with Crippen molar-refractivity contribution in [3.8, 4) is 0 Å². The largest absolute Gasteiger partial charge is 0.392 e. The molecule has 2 nitrogen and oxygen atoms in total. The number of aliphatic hydroxyl groups excluding tert-OH is 1. The predicted molar refractivity (Wildman–Crippen MR) is 34.5 cm³/mol. The lowest BCUT2D eigenvalue weighted by Crippen LogP contribution is -2.11. The van der Waals surface area contributed by atoms with Crippen LogP contribution in [-0.2, 0) is 0 Å². The van der Waals surface area contributed by atoms with E-state index in [9.17, 15) is 0 Å². The second-order valence-corrected chi connectivity index (χ2v) is 2.03. The number of hydrogen-bond acceptors (Lipinski definition) is 2. The van der Waals surface area contributed by atoms with Crippen LogP contribution in [0.15, 0.2) is 11.6 Å². The Balaban J connectivity index is 3.56. The van der Waals surface area contributed by atoms with Crippen molar-refractivity contribution in [3.05, 3.63) is 11.6 Å². The molecule has 1 atom stereocenters. The number of hydrogen-bond donors (Lipinski definition) is 2. The first-order valence-corrected chi connectivity index (χ1v) is 2.70. The smallest absolute Gasteiger partial charge is 0.0639 e. The summed E-state index contributed by atoms with van der Waals surface area (Å²) in [7, 11) is 0. The van der Waals surface area contributed by atoms with Crippen LogP contribution < -0.4 is 5.73 Å². The van der Waals surface area contributed by atoms with Gasteiger partial charge in [-0.25, -0.2) is 0 Å². The molecule has 0 aliphatic carbocycles. The molecule has 2 heteroatoms. The molecule has 0 aromatic rings. The van der Waals surface area contributed by atoms with Gasteiger partial charge in [0, 0.05) is 6.04 Å². The van der Waals surface area contributed by atoms with Gasteiger partial charge in [0.1, 0.15) is 0 Å². The van der Waals surface area contributed by atoms with E-state index >= 15 is 0 Å². The van der Waals surface area contributed by atoms with Crippen LogP contribution in [-0.4, -0.2) is 17.8 Å². The van der Waals surface area contributed by atoms with E-state index in [1.165, 1.54) is 0 Å². The van der Waals surface area contributed by atoms with Gasteiger partial charge in [-0.3, -0.25) is 0 Å².